The molecule has 30 heavy (non-hydrogen) atoms. The number of carbonyl (C=O) groups excluding carboxylic acids is 1. The molecule has 3 heterocycles. The quantitative estimate of drug-likeness (QED) is 0.595. The average molecular weight is 447 g/mol. The molecule has 1 aromatic carbocycles. The summed E-state index contributed by atoms with van der Waals surface area (Å²) in [6.45, 7) is 1.82. The minimum atomic E-state index is -0.185. The molecule has 0 N–H and O–H groups in total. The predicted molar refractivity (Wildman–Crippen MR) is 110 cm³/mol. The van der Waals surface area contributed by atoms with E-state index in [1.54, 1.807) is 29.2 Å². The first kappa shape index (κ1) is 20.1. The second-order valence-corrected chi connectivity index (χ2v) is 7.33. The highest BCUT2D eigenvalue weighted by molar-refractivity contribution is 6.37. The van der Waals surface area contributed by atoms with E-state index in [1.165, 1.54) is 13.4 Å². The third kappa shape index (κ3) is 3.70. The number of aromatic nitrogens is 1. The highest BCUT2D eigenvalue weighted by atomic mass is 35.5. The summed E-state index contributed by atoms with van der Waals surface area (Å²) < 4.78 is 16.2. The number of ether oxygens (including phenoxy) is 1. The number of oxazole rings is 1. The van der Waals surface area contributed by atoms with E-state index in [0.29, 0.717) is 49.1 Å². The van der Waals surface area contributed by atoms with Crippen molar-refractivity contribution < 1.29 is 18.4 Å². The molecule has 1 aliphatic heterocycles. The number of piperazine rings is 1. The first-order valence-corrected chi connectivity index (χ1v) is 9.79. The summed E-state index contributed by atoms with van der Waals surface area (Å²) in [4.78, 5) is 20.7. The summed E-state index contributed by atoms with van der Waals surface area (Å²) in [5.41, 5.74) is 0.562. The van der Waals surface area contributed by atoms with Crippen LogP contribution in [0.3, 0.4) is 0 Å². The molecule has 4 rings (SSSR count). The number of rotatable bonds is 4. The van der Waals surface area contributed by atoms with Crippen LogP contribution in [0.25, 0.3) is 11.7 Å². The summed E-state index contributed by atoms with van der Waals surface area (Å²) in [7, 11) is 1.46. The molecule has 0 aliphatic carbocycles. The minimum absolute atomic E-state index is 0.176. The highest BCUT2D eigenvalue weighted by Crippen LogP contribution is 2.34. The van der Waals surface area contributed by atoms with Crippen LogP contribution in [-0.2, 0) is 0 Å². The molecule has 154 valence electrons. The number of methoxy groups -OCH3 is 1. The fourth-order valence-electron chi connectivity index (χ4n) is 3.28. The van der Waals surface area contributed by atoms with Gasteiger partial charge in [-0.3, -0.25) is 4.79 Å². The molecular formula is C20H16Cl2N4O4. The molecule has 1 saturated heterocycles. The molecule has 0 saturated carbocycles. The van der Waals surface area contributed by atoms with Crippen molar-refractivity contribution >= 4 is 35.0 Å². The van der Waals surface area contributed by atoms with E-state index in [4.69, 9.17) is 36.8 Å². The third-order valence-corrected chi connectivity index (χ3v) is 5.31. The van der Waals surface area contributed by atoms with Crippen LogP contribution in [-0.4, -0.2) is 49.1 Å². The van der Waals surface area contributed by atoms with Crippen LogP contribution in [0.2, 0.25) is 10.0 Å². The molecule has 1 fully saturated rings. The standard InChI is InChI=1S/C20H16Cl2N4O4/c1-28-17-13(21)9-12(10-14(17)22)19(27)25-4-6-26(7-5-25)20-15(11-23)24-18(30-20)16-3-2-8-29-16/h2-3,8-10H,4-7H2,1H3. The second kappa shape index (κ2) is 8.30. The van der Waals surface area contributed by atoms with Gasteiger partial charge in [-0.15, -0.1) is 0 Å². The Bertz CT molecular complexity index is 1090. The van der Waals surface area contributed by atoms with Gasteiger partial charge in [-0.25, -0.2) is 0 Å². The van der Waals surface area contributed by atoms with Crippen molar-refractivity contribution in [1.29, 1.82) is 5.26 Å². The topological polar surface area (TPSA) is 95.7 Å². The zero-order valence-electron chi connectivity index (χ0n) is 15.9. The van der Waals surface area contributed by atoms with Crippen molar-refractivity contribution in [3.05, 3.63) is 51.8 Å². The molecule has 3 aromatic rings. The van der Waals surface area contributed by atoms with Crippen LogP contribution in [0.4, 0.5) is 5.88 Å². The molecule has 0 atom stereocenters. The van der Waals surface area contributed by atoms with E-state index >= 15 is 0 Å². The Morgan fingerprint density at radius 3 is 2.50 bits per heavy atom. The molecule has 0 unspecified atom stereocenters. The Balaban J connectivity index is 1.48. The molecule has 8 nitrogen and oxygen atoms in total. The Kier molecular flexibility index (Phi) is 5.57. The number of hydrogen-bond acceptors (Lipinski definition) is 7. The lowest BCUT2D eigenvalue weighted by Crippen LogP contribution is -2.48. The molecule has 0 radical (unpaired) electrons. The van der Waals surface area contributed by atoms with Crippen molar-refractivity contribution in [3.8, 4) is 23.5 Å². The third-order valence-electron chi connectivity index (χ3n) is 4.75. The normalized spacial score (nSPS) is 13.9. The number of amides is 1. The summed E-state index contributed by atoms with van der Waals surface area (Å²) in [6.07, 6.45) is 1.51. The zero-order chi connectivity index (χ0) is 21.3. The van der Waals surface area contributed by atoms with E-state index < -0.39 is 0 Å². The van der Waals surface area contributed by atoms with E-state index in [2.05, 4.69) is 4.98 Å². The fraction of sp³-hybridized carbons (Fsp3) is 0.250. The van der Waals surface area contributed by atoms with Gasteiger partial charge < -0.3 is 23.4 Å². The molecule has 2 aromatic heterocycles. The summed E-state index contributed by atoms with van der Waals surface area (Å²) in [5, 5.41) is 9.97. The van der Waals surface area contributed by atoms with Crippen LogP contribution in [0.5, 0.6) is 5.75 Å². The summed E-state index contributed by atoms with van der Waals surface area (Å²) >= 11 is 12.3. The number of hydrogen-bond donors (Lipinski definition) is 0. The van der Waals surface area contributed by atoms with Gasteiger partial charge in [0.15, 0.2) is 11.5 Å². The Morgan fingerprint density at radius 2 is 1.93 bits per heavy atom. The largest absolute Gasteiger partial charge is 0.494 e. The van der Waals surface area contributed by atoms with Gasteiger partial charge in [0.1, 0.15) is 6.07 Å². The van der Waals surface area contributed by atoms with Crippen LogP contribution in [0, 0.1) is 11.3 Å². The van der Waals surface area contributed by atoms with Gasteiger partial charge in [-0.05, 0) is 24.3 Å². The van der Waals surface area contributed by atoms with Crippen LogP contribution < -0.4 is 9.64 Å². The second-order valence-electron chi connectivity index (χ2n) is 6.51. The van der Waals surface area contributed by atoms with Crippen molar-refractivity contribution in [2.75, 3.05) is 38.2 Å². The highest BCUT2D eigenvalue weighted by Gasteiger charge is 2.28. The van der Waals surface area contributed by atoms with Gasteiger partial charge in [0.2, 0.25) is 11.6 Å². The number of nitriles is 1. The van der Waals surface area contributed by atoms with Crippen LogP contribution >= 0.6 is 23.2 Å². The van der Waals surface area contributed by atoms with E-state index in [-0.39, 0.29) is 27.5 Å². The van der Waals surface area contributed by atoms with Gasteiger partial charge in [0, 0.05) is 31.7 Å². The predicted octanol–water partition coefficient (Wildman–Crippen LogP) is 4.08. The van der Waals surface area contributed by atoms with Crippen molar-refractivity contribution in [1.82, 2.24) is 9.88 Å². The molecule has 0 bridgehead atoms. The lowest BCUT2D eigenvalue weighted by Gasteiger charge is -2.34. The minimum Gasteiger partial charge on any atom is -0.494 e. The maximum Gasteiger partial charge on any atom is 0.266 e. The first-order valence-electron chi connectivity index (χ1n) is 9.04. The summed E-state index contributed by atoms with van der Waals surface area (Å²) in [5.74, 6) is 1.20. The van der Waals surface area contributed by atoms with E-state index in [9.17, 15) is 10.1 Å². The number of furan rings is 1. The molecular weight excluding hydrogens is 431 g/mol. The summed E-state index contributed by atoms with van der Waals surface area (Å²) in [6, 6.07) is 8.56. The lowest BCUT2D eigenvalue weighted by molar-refractivity contribution is 0.0745. The number of carbonyl (C=O) groups is 1. The molecule has 1 amide bonds. The Labute approximate surface area is 182 Å². The van der Waals surface area contributed by atoms with Crippen molar-refractivity contribution in [3.63, 3.8) is 0 Å². The Hall–Kier alpha value is -3.15. The van der Waals surface area contributed by atoms with Gasteiger partial charge in [-0.1, -0.05) is 23.2 Å². The Morgan fingerprint density at radius 1 is 1.23 bits per heavy atom. The van der Waals surface area contributed by atoms with Crippen molar-refractivity contribution in [2.45, 2.75) is 0 Å². The number of benzene rings is 1. The van der Waals surface area contributed by atoms with Gasteiger partial charge in [-0.2, -0.15) is 10.2 Å². The molecule has 10 heteroatoms. The SMILES string of the molecule is COc1c(Cl)cc(C(=O)N2CCN(c3oc(-c4ccco4)nc3C#N)CC2)cc1Cl. The average Bonchev–Trinajstić information content (AvgIpc) is 3.43. The number of halogens is 2. The van der Waals surface area contributed by atoms with Gasteiger partial charge in [0.05, 0.1) is 23.4 Å². The van der Waals surface area contributed by atoms with Crippen molar-refractivity contribution in [2.24, 2.45) is 0 Å². The molecule has 0 spiro atoms. The maximum absolute atomic E-state index is 12.9. The van der Waals surface area contributed by atoms with Gasteiger partial charge in [0.25, 0.3) is 11.8 Å². The first-order chi connectivity index (χ1) is 14.5. The number of nitrogens with zero attached hydrogens (tertiary/aromatic N) is 4. The molecule has 1 aliphatic rings. The van der Waals surface area contributed by atoms with Crippen LogP contribution in [0.1, 0.15) is 16.1 Å². The number of anilines is 1. The fourth-order valence-corrected chi connectivity index (χ4v) is 3.92. The monoisotopic (exact) mass is 446 g/mol. The van der Waals surface area contributed by atoms with Crippen LogP contribution in [0.15, 0.2) is 39.4 Å². The smallest absolute Gasteiger partial charge is 0.266 e. The lowest BCUT2D eigenvalue weighted by atomic mass is 10.1. The van der Waals surface area contributed by atoms with E-state index in [0.717, 1.165) is 0 Å². The van der Waals surface area contributed by atoms with E-state index in [1.807, 2.05) is 11.0 Å². The maximum atomic E-state index is 12.9. The zero-order valence-corrected chi connectivity index (χ0v) is 17.4. The van der Waals surface area contributed by atoms with Gasteiger partial charge >= 0.3 is 0 Å².